The lowest BCUT2D eigenvalue weighted by atomic mass is 9.84. The van der Waals surface area contributed by atoms with Crippen LogP contribution in [0.4, 0.5) is 16.2 Å². The van der Waals surface area contributed by atoms with Crippen LogP contribution in [0.2, 0.25) is 0 Å². The zero-order valence-corrected chi connectivity index (χ0v) is 45.0. The maximum absolute atomic E-state index is 14.5. The van der Waals surface area contributed by atoms with Gasteiger partial charge in [0.1, 0.15) is 17.9 Å². The zero-order chi connectivity index (χ0) is 52.2. The number of benzene rings is 4. The molecule has 4 amide bonds. The normalized spacial score (nSPS) is 25.7. The molecule has 5 aromatic rings. The quantitative estimate of drug-likeness (QED) is 0.108. The van der Waals surface area contributed by atoms with Crippen LogP contribution in [0.3, 0.4) is 0 Å². The SMILES string of the molecule is COC(=O)N[C@H](C(=O)N1[C@H](c2nc3ccc(-c4cc5ccc4C[C@@H](C)c4ccc(c(-c6ccc7c(c6)N=CC([C@@H]6C[C@@H]8CCCC[C@@H]8N6C(=O)[C@@H](NC(C)=O)C(C)C)N7)c4)CC5)cc3[nH]2)C[C@@H]2CCCC[C@@H]21)C(C)C. The third-order valence-corrected chi connectivity index (χ3v) is 18.0. The number of anilines is 1. The molecule has 4 aromatic carbocycles. The van der Waals surface area contributed by atoms with Gasteiger partial charge < -0.3 is 35.5 Å². The van der Waals surface area contributed by atoms with Crippen molar-refractivity contribution >= 4 is 52.4 Å². The Morgan fingerprint density at radius 1 is 0.707 bits per heavy atom. The van der Waals surface area contributed by atoms with E-state index in [9.17, 15) is 19.2 Å². The van der Waals surface area contributed by atoms with Gasteiger partial charge in [0.15, 0.2) is 0 Å². The minimum absolute atomic E-state index is 0.0205. The second-order valence-electron chi connectivity index (χ2n) is 23.6. The first-order chi connectivity index (χ1) is 36.2. The molecule has 4 fully saturated rings. The number of carbonyl (C=O) groups excluding carboxylic acids is 4. The molecular weight excluding hydrogens is 937 g/mol. The molecule has 0 radical (unpaired) electrons. The van der Waals surface area contributed by atoms with Crippen LogP contribution < -0.4 is 16.0 Å². The number of likely N-dealkylation sites (tertiary alicyclic amines) is 2. The maximum Gasteiger partial charge on any atom is 0.407 e. The highest BCUT2D eigenvalue weighted by Gasteiger charge is 2.50. The molecule has 9 aliphatic rings. The van der Waals surface area contributed by atoms with Crippen LogP contribution in [-0.4, -0.2) is 93.2 Å². The van der Waals surface area contributed by atoms with E-state index in [-0.39, 0.29) is 65.7 Å². The minimum atomic E-state index is -0.693. The lowest BCUT2D eigenvalue weighted by Gasteiger charge is -2.39. The van der Waals surface area contributed by atoms with E-state index in [1.807, 2.05) is 33.9 Å². The topological polar surface area (TPSA) is 161 Å². The van der Waals surface area contributed by atoms with Crippen LogP contribution in [0.1, 0.15) is 146 Å². The predicted molar refractivity (Wildman–Crippen MR) is 296 cm³/mol. The first kappa shape index (κ1) is 50.6. The molecule has 4 bridgehead atoms. The van der Waals surface area contributed by atoms with Gasteiger partial charge in [-0.25, -0.2) is 9.78 Å². The van der Waals surface area contributed by atoms with Gasteiger partial charge >= 0.3 is 6.09 Å². The highest BCUT2D eigenvalue weighted by Crippen LogP contribution is 2.48. The lowest BCUT2D eigenvalue weighted by Crippen LogP contribution is -2.58. The summed E-state index contributed by atoms with van der Waals surface area (Å²) in [7, 11) is 1.33. The van der Waals surface area contributed by atoms with Crippen LogP contribution in [0.15, 0.2) is 77.8 Å². The summed E-state index contributed by atoms with van der Waals surface area (Å²) in [5.41, 5.74) is 13.7. The number of imidazole rings is 1. The van der Waals surface area contributed by atoms with Crippen molar-refractivity contribution in [2.45, 2.75) is 173 Å². The molecule has 2 saturated heterocycles. The fourth-order valence-electron chi connectivity index (χ4n) is 14.1. The maximum atomic E-state index is 14.5. The molecule has 75 heavy (non-hydrogen) atoms. The van der Waals surface area contributed by atoms with E-state index in [0.717, 1.165) is 110 Å². The molecule has 4 heterocycles. The van der Waals surface area contributed by atoms with E-state index < -0.39 is 18.2 Å². The zero-order valence-electron chi connectivity index (χ0n) is 45.0. The van der Waals surface area contributed by atoms with Gasteiger partial charge in [0.2, 0.25) is 17.7 Å². The van der Waals surface area contributed by atoms with Gasteiger partial charge in [-0.2, -0.15) is 0 Å². The third kappa shape index (κ3) is 9.85. The summed E-state index contributed by atoms with van der Waals surface area (Å²) in [6.07, 6.45) is 14.6. The van der Waals surface area contributed by atoms with Crippen molar-refractivity contribution in [3.8, 4) is 22.3 Å². The number of aryl methyl sites for hydroxylation is 2. The van der Waals surface area contributed by atoms with Crippen molar-refractivity contribution in [2.24, 2.45) is 28.7 Å². The molecule has 13 heteroatoms. The Kier molecular flexibility index (Phi) is 14.1. The summed E-state index contributed by atoms with van der Waals surface area (Å²) < 4.78 is 4.94. The number of aromatic amines is 1. The van der Waals surface area contributed by atoms with Crippen molar-refractivity contribution in [3.05, 3.63) is 101 Å². The van der Waals surface area contributed by atoms with E-state index in [1.165, 1.54) is 60.3 Å². The van der Waals surface area contributed by atoms with Crippen molar-refractivity contribution in [3.63, 3.8) is 0 Å². The number of rotatable bonds is 10. The summed E-state index contributed by atoms with van der Waals surface area (Å²) in [5, 5.41) is 9.66. The molecule has 6 aliphatic carbocycles. The van der Waals surface area contributed by atoms with E-state index >= 15 is 0 Å². The number of carbonyl (C=O) groups is 4. The monoisotopic (exact) mass is 1010 g/mol. The van der Waals surface area contributed by atoms with Crippen LogP contribution in [0.25, 0.3) is 33.3 Å². The summed E-state index contributed by atoms with van der Waals surface area (Å²) in [6.45, 7) is 11.8. The number of ether oxygens (including phenoxy) is 1. The molecule has 1 aromatic heterocycles. The predicted octanol–water partition coefficient (Wildman–Crippen LogP) is 11.4. The number of methoxy groups -OCH3 is 1. The van der Waals surface area contributed by atoms with Crippen LogP contribution in [0.5, 0.6) is 0 Å². The number of nitrogens with zero attached hydrogens (tertiary/aromatic N) is 4. The molecule has 394 valence electrons. The molecule has 4 N–H and O–H groups in total. The Morgan fingerprint density at radius 2 is 1.37 bits per heavy atom. The third-order valence-electron chi connectivity index (χ3n) is 18.0. The van der Waals surface area contributed by atoms with E-state index in [2.05, 4.69) is 110 Å². The number of hydrogen-bond donors (Lipinski definition) is 4. The van der Waals surface area contributed by atoms with E-state index in [0.29, 0.717) is 11.8 Å². The summed E-state index contributed by atoms with van der Waals surface area (Å²) in [5.74, 6) is 1.56. The van der Waals surface area contributed by atoms with Crippen molar-refractivity contribution < 1.29 is 23.9 Å². The number of aromatic nitrogens is 2. The number of amides is 4. The van der Waals surface area contributed by atoms with Gasteiger partial charge in [0, 0.05) is 25.2 Å². The van der Waals surface area contributed by atoms with Crippen LogP contribution in [0, 0.1) is 23.7 Å². The van der Waals surface area contributed by atoms with Gasteiger partial charge in [0.05, 0.1) is 47.6 Å². The number of alkyl carbamates (subject to hydrolysis) is 1. The van der Waals surface area contributed by atoms with Crippen molar-refractivity contribution in [1.82, 2.24) is 30.4 Å². The lowest BCUT2D eigenvalue weighted by molar-refractivity contribution is -0.140. The number of fused-ring (bicyclic) bond motifs is 4. The molecule has 0 spiro atoms. The minimum Gasteiger partial charge on any atom is -0.453 e. The second-order valence-corrected chi connectivity index (χ2v) is 23.6. The fourth-order valence-corrected chi connectivity index (χ4v) is 14.1. The van der Waals surface area contributed by atoms with Crippen molar-refractivity contribution in [1.29, 1.82) is 0 Å². The first-order valence-corrected chi connectivity index (χ1v) is 28.2. The van der Waals surface area contributed by atoms with Gasteiger partial charge in [-0.05, 0) is 156 Å². The van der Waals surface area contributed by atoms with Gasteiger partial charge in [-0.3, -0.25) is 19.4 Å². The van der Waals surface area contributed by atoms with Crippen LogP contribution >= 0.6 is 0 Å². The summed E-state index contributed by atoms with van der Waals surface area (Å²) >= 11 is 0. The van der Waals surface area contributed by atoms with Gasteiger partial charge in [-0.15, -0.1) is 0 Å². The second kappa shape index (κ2) is 20.9. The molecule has 2 saturated carbocycles. The highest BCUT2D eigenvalue weighted by atomic mass is 16.5. The molecule has 3 aliphatic heterocycles. The Labute approximate surface area is 442 Å². The fraction of sp³-hybridized carbons (Fsp3) is 0.516. The van der Waals surface area contributed by atoms with E-state index in [4.69, 9.17) is 14.7 Å². The Hall–Kier alpha value is -6.50. The average Bonchev–Trinajstić information content (AvgIpc) is 4.14. The molecule has 10 atom stereocenters. The van der Waals surface area contributed by atoms with Gasteiger partial charge in [-0.1, -0.05) is 109 Å². The summed E-state index contributed by atoms with van der Waals surface area (Å²) in [4.78, 5) is 71.9. The Morgan fingerprint density at radius 3 is 2.12 bits per heavy atom. The molecule has 1 unspecified atom stereocenters. The smallest absolute Gasteiger partial charge is 0.407 e. The summed E-state index contributed by atoms with van der Waals surface area (Å²) in [6, 6.07) is 25.9. The van der Waals surface area contributed by atoms with E-state index in [1.54, 1.807) is 0 Å². The molecule has 14 rings (SSSR count). The van der Waals surface area contributed by atoms with Gasteiger partial charge in [0.25, 0.3) is 0 Å². The first-order valence-electron chi connectivity index (χ1n) is 28.2. The van der Waals surface area contributed by atoms with Crippen molar-refractivity contribution in [2.75, 3.05) is 12.4 Å². The van der Waals surface area contributed by atoms with Crippen LogP contribution in [-0.2, 0) is 38.4 Å². The number of hydrogen-bond acceptors (Lipinski definition) is 8. The molecular formula is C62H76N8O5. The Balaban J connectivity index is 0.837. The number of aliphatic imine (C=N–C) groups is 1. The average molecular weight is 1010 g/mol. The standard InChI is InChI=1S/C62H76N8O5/c1-34(2)57(64-37(6)71)60(72)69-53-14-10-8-12-44(53)31-55(69)52-33-63-50-29-42(22-24-48(50)65-52)47-28-40-21-20-39(47)18-16-38-17-19-41(26-36(40)5)46(27-38)43-23-25-49-51(30-43)67-59(66-49)56-32-45-13-9-11-15-54(45)70(56)61(73)58(35(3)4)68-62(74)75-7/h17,19-25,27-30,33-36,44-45,52-58,65H,8-16,18,26,31-32H2,1-7H3,(H,64,71)(H,66,67)(H,68,74)/t36-,44+,45+,52?,53+,54+,55+,56+,57+,58+/m1/s1. The Bertz CT molecular complexity index is 3030. The largest absolute Gasteiger partial charge is 0.453 e. The number of nitrogens with one attached hydrogen (secondary N) is 4. The molecule has 13 nitrogen and oxygen atoms in total. The number of H-pyrrole nitrogens is 1. The highest BCUT2D eigenvalue weighted by molar-refractivity contribution is 5.91.